The van der Waals surface area contributed by atoms with Gasteiger partial charge in [0.05, 0.1) is 41.7 Å². The smallest absolute Gasteiger partial charge is 0.357 e. The summed E-state index contributed by atoms with van der Waals surface area (Å²) in [6.45, 7) is 2.69. The number of imidazole rings is 1. The standard InChI is InChI=1S/C24H21N5O5S/c1-2-33-23(32)22-21-12(8-26-22)19(20-15(27-21)9-25-10-16(20)31)17-5-6-18(34-17)35-24-28-13-4-3-11(30)7-14(13)29-24/h3-8,19-20,25-26,30H,2,9-10H2,1H3,(H,28,29). The van der Waals surface area contributed by atoms with Gasteiger partial charge in [-0.3, -0.25) is 9.79 Å². The number of Topliss-reactive ketones (excluding diaryl/α,β-unsaturated/α-hetero) is 1. The van der Waals surface area contributed by atoms with Crippen LogP contribution in [0.4, 0.5) is 5.69 Å². The summed E-state index contributed by atoms with van der Waals surface area (Å²) >= 11 is 1.31. The number of fused-ring (bicyclic) bond motifs is 3. The average molecular weight is 492 g/mol. The Bertz CT molecular complexity index is 1500. The van der Waals surface area contributed by atoms with Crippen LogP contribution in [0.15, 0.2) is 56.2 Å². The minimum Gasteiger partial charge on any atom is -0.508 e. The van der Waals surface area contributed by atoms with E-state index in [1.54, 1.807) is 31.3 Å². The maximum absolute atomic E-state index is 13.0. The number of nitrogens with one attached hydrogen (secondary N) is 3. The van der Waals surface area contributed by atoms with E-state index in [1.807, 2.05) is 12.1 Å². The number of phenols is 1. The van der Waals surface area contributed by atoms with Crippen molar-refractivity contribution < 1.29 is 23.8 Å². The molecule has 2 aliphatic heterocycles. The molecule has 2 unspecified atom stereocenters. The monoisotopic (exact) mass is 491 g/mol. The number of furan rings is 1. The van der Waals surface area contributed by atoms with Crippen molar-refractivity contribution in [1.29, 1.82) is 0 Å². The van der Waals surface area contributed by atoms with E-state index in [1.165, 1.54) is 11.8 Å². The number of rotatable bonds is 5. The molecule has 6 rings (SSSR count). The van der Waals surface area contributed by atoms with Gasteiger partial charge in [-0.2, -0.15) is 0 Å². The summed E-state index contributed by atoms with van der Waals surface area (Å²) in [6.07, 6.45) is 1.71. The van der Waals surface area contributed by atoms with Gasteiger partial charge >= 0.3 is 5.97 Å². The summed E-state index contributed by atoms with van der Waals surface area (Å²) in [5.74, 6) is -0.612. The van der Waals surface area contributed by atoms with Crippen LogP contribution in [0, 0.1) is 5.92 Å². The van der Waals surface area contributed by atoms with Crippen LogP contribution in [-0.4, -0.2) is 57.2 Å². The Kier molecular flexibility index (Phi) is 5.23. The molecule has 5 heterocycles. The lowest BCUT2D eigenvalue weighted by molar-refractivity contribution is -0.121. The highest BCUT2D eigenvalue weighted by Crippen LogP contribution is 2.46. The summed E-state index contributed by atoms with van der Waals surface area (Å²) in [5.41, 5.74) is 3.60. The molecular weight excluding hydrogens is 470 g/mol. The van der Waals surface area contributed by atoms with Gasteiger partial charge in [0, 0.05) is 30.1 Å². The lowest BCUT2D eigenvalue weighted by Crippen LogP contribution is -2.48. The normalized spacial score (nSPS) is 19.3. The predicted octanol–water partition coefficient (Wildman–Crippen LogP) is 3.52. The first-order valence-electron chi connectivity index (χ1n) is 11.2. The number of piperidine rings is 1. The molecule has 1 saturated heterocycles. The number of ketones is 1. The molecule has 35 heavy (non-hydrogen) atoms. The summed E-state index contributed by atoms with van der Waals surface area (Å²) < 4.78 is 11.4. The number of aromatic nitrogens is 3. The molecule has 178 valence electrons. The van der Waals surface area contributed by atoms with Crippen LogP contribution in [0.5, 0.6) is 5.75 Å². The fourth-order valence-electron chi connectivity index (χ4n) is 4.67. The van der Waals surface area contributed by atoms with E-state index >= 15 is 0 Å². The number of phenolic OH excluding ortho intramolecular Hbond substituents is 1. The Morgan fingerprint density at radius 2 is 2.14 bits per heavy atom. The van der Waals surface area contributed by atoms with Crippen molar-refractivity contribution in [1.82, 2.24) is 20.3 Å². The van der Waals surface area contributed by atoms with Crippen LogP contribution in [0.1, 0.15) is 34.7 Å². The van der Waals surface area contributed by atoms with Crippen molar-refractivity contribution in [3.63, 3.8) is 0 Å². The Balaban J connectivity index is 1.37. The quantitative estimate of drug-likeness (QED) is 0.310. The maximum Gasteiger partial charge on any atom is 0.357 e. The number of esters is 1. The van der Waals surface area contributed by atoms with Gasteiger partial charge in [0.2, 0.25) is 0 Å². The summed E-state index contributed by atoms with van der Waals surface area (Å²) in [7, 11) is 0. The lowest BCUT2D eigenvalue weighted by atomic mass is 9.75. The highest BCUT2D eigenvalue weighted by molar-refractivity contribution is 7.99. The van der Waals surface area contributed by atoms with Gasteiger partial charge in [0.15, 0.2) is 21.7 Å². The zero-order valence-corrected chi connectivity index (χ0v) is 19.4. The van der Waals surface area contributed by atoms with Crippen LogP contribution in [-0.2, 0) is 9.53 Å². The predicted molar refractivity (Wildman–Crippen MR) is 128 cm³/mol. The van der Waals surface area contributed by atoms with Crippen LogP contribution >= 0.6 is 11.8 Å². The molecule has 2 aliphatic rings. The lowest BCUT2D eigenvalue weighted by Gasteiger charge is -2.33. The first-order chi connectivity index (χ1) is 17.0. The number of hydrogen-bond acceptors (Lipinski definition) is 9. The zero-order chi connectivity index (χ0) is 24.1. The van der Waals surface area contributed by atoms with Crippen LogP contribution < -0.4 is 5.32 Å². The van der Waals surface area contributed by atoms with Crippen molar-refractivity contribution >= 4 is 45.9 Å². The van der Waals surface area contributed by atoms with Crippen molar-refractivity contribution in [3.05, 3.63) is 53.5 Å². The molecule has 11 heteroatoms. The minimum absolute atomic E-state index is 0.0206. The highest BCUT2D eigenvalue weighted by atomic mass is 32.2. The van der Waals surface area contributed by atoms with Gasteiger partial charge in [0.1, 0.15) is 11.5 Å². The number of carbonyl (C=O) groups is 2. The molecule has 2 atom stereocenters. The number of aromatic hydroxyl groups is 1. The maximum atomic E-state index is 13.0. The fraction of sp³-hybridized carbons (Fsp3) is 0.250. The molecule has 3 aromatic heterocycles. The third kappa shape index (κ3) is 3.72. The number of nitrogens with zero attached hydrogens (tertiary/aromatic N) is 2. The van der Waals surface area contributed by atoms with Crippen molar-refractivity contribution in [2.45, 2.75) is 23.1 Å². The van der Waals surface area contributed by atoms with Gasteiger partial charge in [-0.25, -0.2) is 9.78 Å². The van der Waals surface area contributed by atoms with Crippen LogP contribution in [0.2, 0.25) is 0 Å². The second kappa shape index (κ2) is 8.43. The van der Waals surface area contributed by atoms with Crippen LogP contribution in [0.25, 0.3) is 11.0 Å². The van der Waals surface area contributed by atoms with Crippen LogP contribution in [0.3, 0.4) is 0 Å². The Morgan fingerprint density at radius 3 is 3.00 bits per heavy atom. The second-order valence-electron chi connectivity index (χ2n) is 8.32. The molecule has 0 aliphatic carbocycles. The van der Waals surface area contributed by atoms with Gasteiger partial charge in [-0.05, 0) is 43.0 Å². The molecule has 0 bridgehead atoms. The molecule has 0 amide bonds. The zero-order valence-electron chi connectivity index (χ0n) is 18.6. The highest BCUT2D eigenvalue weighted by Gasteiger charge is 2.44. The number of aliphatic imine (C=N–C) groups is 1. The van der Waals surface area contributed by atoms with Gasteiger partial charge in [-0.1, -0.05) is 0 Å². The molecule has 1 aromatic carbocycles. The third-order valence-electron chi connectivity index (χ3n) is 6.15. The fourth-order valence-corrected chi connectivity index (χ4v) is 5.44. The largest absolute Gasteiger partial charge is 0.508 e. The number of H-pyrrole nitrogens is 2. The van der Waals surface area contributed by atoms with Crippen molar-refractivity contribution in [2.24, 2.45) is 10.9 Å². The third-order valence-corrected chi connectivity index (χ3v) is 6.95. The van der Waals surface area contributed by atoms with Gasteiger partial charge < -0.3 is 29.5 Å². The van der Waals surface area contributed by atoms with E-state index in [0.29, 0.717) is 34.0 Å². The molecule has 1 fully saturated rings. The van der Waals surface area contributed by atoms with E-state index in [2.05, 4.69) is 25.3 Å². The van der Waals surface area contributed by atoms with E-state index in [9.17, 15) is 14.7 Å². The number of aromatic amines is 2. The van der Waals surface area contributed by atoms with Gasteiger partial charge in [-0.15, -0.1) is 0 Å². The molecule has 4 N–H and O–H groups in total. The summed E-state index contributed by atoms with van der Waals surface area (Å²) in [5, 5.41) is 14.0. The first-order valence-corrected chi connectivity index (χ1v) is 12.0. The molecule has 0 radical (unpaired) electrons. The molecular formula is C24H21N5O5S. The summed E-state index contributed by atoms with van der Waals surface area (Å²) in [4.78, 5) is 40.8. The van der Waals surface area contributed by atoms with E-state index in [-0.39, 0.29) is 30.4 Å². The Hall–Kier alpha value is -3.83. The SMILES string of the molecule is CCOC(=O)c1[nH]cc2c1N=C1CNCC(=O)C1C2c1ccc(Sc2nc3ccc(O)cc3[nH]2)o1. The number of ether oxygens (including phenoxy) is 1. The van der Waals surface area contributed by atoms with Gasteiger partial charge in [0.25, 0.3) is 0 Å². The minimum atomic E-state index is -0.489. The number of carbonyl (C=O) groups excluding carboxylic acids is 2. The van der Waals surface area contributed by atoms with E-state index < -0.39 is 17.8 Å². The second-order valence-corrected chi connectivity index (χ2v) is 9.31. The number of benzene rings is 1. The average Bonchev–Trinajstić information content (AvgIpc) is 3.56. The van der Waals surface area contributed by atoms with Crippen molar-refractivity contribution in [3.8, 4) is 5.75 Å². The first kappa shape index (κ1) is 21.7. The molecule has 10 nitrogen and oxygen atoms in total. The number of hydrogen-bond donors (Lipinski definition) is 4. The molecule has 4 aromatic rings. The topological polar surface area (TPSA) is 146 Å². The Morgan fingerprint density at radius 1 is 1.26 bits per heavy atom. The Labute approximate surface area is 203 Å². The molecule has 0 spiro atoms. The van der Waals surface area contributed by atoms with Crippen molar-refractivity contribution in [2.75, 3.05) is 19.7 Å². The molecule has 0 saturated carbocycles. The summed E-state index contributed by atoms with van der Waals surface area (Å²) in [6, 6.07) is 8.61. The van der Waals surface area contributed by atoms with E-state index in [0.717, 1.165) is 16.6 Å². The van der Waals surface area contributed by atoms with E-state index in [4.69, 9.17) is 9.15 Å².